The second-order valence-corrected chi connectivity index (χ2v) is 3.01. The van der Waals surface area contributed by atoms with Gasteiger partial charge < -0.3 is 4.98 Å². The third kappa shape index (κ3) is 1.67. The first kappa shape index (κ1) is 8.96. The van der Waals surface area contributed by atoms with Crippen LogP contribution in [0.15, 0.2) is 30.6 Å². The first-order valence-electron chi connectivity index (χ1n) is 3.93. The van der Waals surface area contributed by atoms with E-state index in [1.807, 2.05) is 0 Å². The molecule has 0 bridgehead atoms. The molecule has 1 N–H and O–H groups in total. The summed E-state index contributed by atoms with van der Waals surface area (Å²) < 4.78 is 13.5. The Morgan fingerprint density at radius 3 is 2.86 bits per heavy atom. The van der Waals surface area contributed by atoms with Crippen LogP contribution in [-0.4, -0.2) is 15.0 Å². The number of H-pyrrole nitrogens is 1. The zero-order chi connectivity index (χ0) is 9.97. The number of nitrogens with one attached hydrogen (secondary N) is 1. The highest BCUT2D eigenvalue weighted by Gasteiger charge is 2.05. The largest absolute Gasteiger partial charge is 0.327 e. The van der Waals surface area contributed by atoms with Gasteiger partial charge in [-0.3, -0.25) is 4.98 Å². The summed E-state index contributed by atoms with van der Waals surface area (Å²) in [5, 5.41) is 0. The summed E-state index contributed by atoms with van der Waals surface area (Å²) in [6.45, 7) is 0. The van der Waals surface area contributed by atoms with Gasteiger partial charge in [-0.15, -0.1) is 0 Å². The minimum absolute atomic E-state index is 0.243. The van der Waals surface area contributed by atoms with E-state index in [1.54, 1.807) is 24.4 Å². The molecule has 0 aliphatic carbocycles. The van der Waals surface area contributed by atoms with Crippen LogP contribution in [0.5, 0.6) is 0 Å². The van der Waals surface area contributed by atoms with E-state index < -0.39 is 5.82 Å². The van der Waals surface area contributed by atoms with E-state index in [1.165, 1.54) is 0 Å². The van der Waals surface area contributed by atoms with Crippen molar-refractivity contribution in [2.75, 3.05) is 0 Å². The Hall–Kier alpha value is -1.62. The highest BCUT2D eigenvalue weighted by atomic mass is 32.1. The Bertz CT molecular complexity index is 495. The fourth-order valence-corrected chi connectivity index (χ4v) is 1.23. The lowest BCUT2D eigenvalue weighted by Crippen LogP contribution is -1.93. The molecule has 0 aliphatic heterocycles. The van der Waals surface area contributed by atoms with Gasteiger partial charge in [0.05, 0.1) is 11.9 Å². The number of aromatic amines is 1. The molecule has 0 unspecified atom stereocenters. The fraction of sp³-hybridized carbons (Fsp3) is 0. The molecule has 2 rings (SSSR count). The average molecular weight is 207 g/mol. The minimum atomic E-state index is -0.461. The second-order valence-electron chi connectivity index (χ2n) is 2.63. The van der Waals surface area contributed by atoms with Gasteiger partial charge in [0.25, 0.3) is 0 Å². The van der Waals surface area contributed by atoms with Crippen LogP contribution in [-0.2, 0) is 0 Å². The third-order valence-electron chi connectivity index (χ3n) is 1.69. The Kier molecular flexibility index (Phi) is 2.32. The minimum Gasteiger partial charge on any atom is -0.327 e. The molecule has 2 aromatic heterocycles. The number of rotatable bonds is 1. The molecule has 0 fully saturated rings. The van der Waals surface area contributed by atoms with Crippen molar-refractivity contribution in [1.82, 2.24) is 15.0 Å². The van der Waals surface area contributed by atoms with Gasteiger partial charge in [-0.1, -0.05) is 6.07 Å². The van der Waals surface area contributed by atoms with Gasteiger partial charge in [0.15, 0.2) is 10.6 Å². The summed E-state index contributed by atoms with van der Waals surface area (Å²) in [4.78, 5) is 10.3. The fourth-order valence-electron chi connectivity index (χ4n) is 1.08. The van der Waals surface area contributed by atoms with Gasteiger partial charge in [0, 0.05) is 6.20 Å². The van der Waals surface area contributed by atoms with Crippen molar-refractivity contribution >= 4 is 12.2 Å². The van der Waals surface area contributed by atoms with E-state index in [-0.39, 0.29) is 10.5 Å². The smallest absolute Gasteiger partial charge is 0.197 e. The number of hydrogen-bond acceptors (Lipinski definition) is 3. The quantitative estimate of drug-likeness (QED) is 0.730. The maximum atomic E-state index is 13.3. The second kappa shape index (κ2) is 3.63. The lowest BCUT2D eigenvalue weighted by molar-refractivity contribution is 0.616. The summed E-state index contributed by atoms with van der Waals surface area (Å²) in [5.41, 5.74) is 0.782. The van der Waals surface area contributed by atoms with Crippen LogP contribution in [0.4, 0.5) is 4.39 Å². The van der Waals surface area contributed by atoms with E-state index in [2.05, 4.69) is 15.0 Å². The molecule has 0 radical (unpaired) electrons. The molecule has 2 aromatic rings. The maximum absolute atomic E-state index is 13.3. The Morgan fingerprint density at radius 2 is 2.14 bits per heavy atom. The highest BCUT2D eigenvalue weighted by molar-refractivity contribution is 7.71. The lowest BCUT2D eigenvalue weighted by Gasteiger charge is -2.00. The van der Waals surface area contributed by atoms with E-state index >= 15 is 0 Å². The molecule has 3 nitrogen and oxygen atoms in total. The van der Waals surface area contributed by atoms with Crippen LogP contribution < -0.4 is 0 Å². The molecular weight excluding hydrogens is 201 g/mol. The molecule has 14 heavy (non-hydrogen) atoms. The summed E-state index contributed by atoms with van der Waals surface area (Å²) in [5.74, 6) is -0.461. The standard InChI is InChI=1S/C9H6FN3S/c10-6-5-12-9(14)13-8(6)7-3-1-2-4-11-7/h1-5H,(H,12,13,14). The van der Waals surface area contributed by atoms with Crippen LogP contribution in [0.1, 0.15) is 0 Å². The van der Waals surface area contributed by atoms with Crippen molar-refractivity contribution in [2.45, 2.75) is 0 Å². The van der Waals surface area contributed by atoms with Crippen LogP contribution in [0.2, 0.25) is 0 Å². The van der Waals surface area contributed by atoms with Gasteiger partial charge >= 0.3 is 0 Å². The average Bonchev–Trinajstić information content (AvgIpc) is 2.23. The molecule has 0 amide bonds. The molecule has 70 valence electrons. The van der Waals surface area contributed by atoms with Crippen molar-refractivity contribution in [3.05, 3.63) is 41.2 Å². The predicted octanol–water partition coefficient (Wildman–Crippen LogP) is 2.34. The Morgan fingerprint density at radius 1 is 1.29 bits per heavy atom. The van der Waals surface area contributed by atoms with Crippen molar-refractivity contribution in [2.24, 2.45) is 0 Å². The number of halogens is 1. The van der Waals surface area contributed by atoms with Gasteiger partial charge in [-0.25, -0.2) is 9.37 Å². The van der Waals surface area contributed by atoms with Crippen LogP contribution in [0, 0.1) is 10.6 Å². The number of pyridine rings is 1. The zero-order valence-corrected chi connectivity index (χ0v) is 7.88. The summed E-state index contributed by atoms with van der Waals surface area (Å²) in [6.07, 6.45) is 2.68. The summed E-state index contributed by atoms with van der Waals surface area (Å²) in [6, 6.07) is 5.24. The molecule has 0 saturated heterocycles. The van der Waals surface area contributed by atoms with Gasteiger partial charge in [0.1, 0.15) is 5.69 Å². The van der Waals surface area contributed by atoms with Gasteiger partial charge in [0.2, 0.25) is 0 Å². The normalized spacial score (nSPS) is 10.1. The van der Waals surface area contributed by atoms with Crippen molar-refractivity contribution in [1.29, 1.82) is 0 Å². The molecule has 0 aliphatic rings. The molecule has 5 heteroatoms. The topological polar surface area (TPSA) is 41.6 Å². The molecule has 0 spiro atoms. The van der Waals surface area contributed by atoms with Crippen molar-refractivity contribution < 1.29 is 4.39 Å². The first-order chi connectivity index (χ1) is 6.77. The molecular formula is C9H6FN3S. The molecule has 2 heterocycles. The monoisotopic (exact) mass is 207 g/mol. The summed E-state index contributed by atoms with van der Waals surface area (Å²) in [7, 11) is 0. The van der Waals surface area contributed by atoms with Crippen molar-refractivity contribution in [3.8, 4) is 11.4 Å². The van der Waals surface area contributed by atoms with Crippen LogP contribution in [0.3, 0.4) is 0 Å². The van der Waals surface area contributed by atoms with E-state index in [0.29, 0.717) is 5.69 Å². The Labute approximate surface area is 84.7 Å². The predicted molar refractivity (Wildman–Crippen MR) is 52.6 cm³/mol. The van der Waals surface area contributed by atoms with Crippen LogP contribution in [0.25, 0.3) is 11.4 Å². The van der Waals surface area contributed by atoms with Crippen LogP contribution >= 0.6 is 12.2 Å². The molecule has 0 aromatic carbocycles. The van der Waals surface area contributed by atoms with E-state index in [4.69, 9.17) is 12.2 Å². The summed E-state index contributed by atoms with van der Waals surface area (Å²) >= 11 is 4.80. The van der Waals surface area contributed by atoms with E-state index in [9.17, 15) is 4.39 Å². The maximum Gasteiger partial charge on any atom is 0.197 e. The first-order valence-corrected chi connectivity index (χ1v) is 4.34. The van der Waals surface area contributed by atoms with Gasteiger partial charge in [-0.05, 0) is 24.4 Å². The highest BCUT2D eigenvalue weighted by Crippen LogP contribution is 2.15. The lowest BCUT2D eigenvalue weighted by atomic mass is 10.2. The molecule has 0 saturated carbocycles. The number of aromatic nitrogens is 3. The zero-order valence-electron chi connectivity index (χ0n) is 7.07. The van der Waals surface area contributed by atoms with E-state index in [0.717, 1.165) is 6.20 Å². The SMILES string of the molecule is Fc1cnc(=S)[nH]c1-c1ccccn1. The number of hydrogen-bond donors (Lipinski definition) is 1. The Balaban J connectivity index is 2.62. The number of nitrogens with zero attached hydrogens (tertiary/aromatic N) is 2. The third-order valence-corrected chi connectivity index (χ3v) is 1.89. The van der Waals surface area contributed by atoms with Crippen molar-refractivity contribution in [3.63, 3.8) is 0 Å². The van der Waals surface area contributed by atoms with Gasteiger partial charge in [-0.2, -0.15) is 0 Å². The molecule has 0 atom stereocenters.